The lowest BCUT2D eigenvalue weighted by Crippen LogP contribution is -2.17. The molecule has 0 atom stereocenters. The van der Waals surface area contributed by atoms with Gasteiger partial charge in [-0.1, -0.05) is 0 Å². The molecule has 0 radical (unpaired) electrons. The summed E-state index contributed by atoms with van der Waals surface area (Å²) in [6.07, 6.45) is 1.19. The Morgan fingerprint density at radius 3 is 2.67 bits per heavy atom. The smallest absolute Gasteiger partial charge is 0.341 e. The highest BCUT2D eigenvalue weighted by Gasteiger charge is 2.15. The molecule has 0 saturated heterocycles. The summed E-state index contributed by atoms with van der Waals surface area (Å²) in [4.78, 5) is 32.8. The van der Waals surface area contributed by atoms with E-state index in [0.717, 1.165) is 6.07 Å². The van der Waals surface area contributed by atoms with E-state index in [1.54, 1.807) is 7.05 Å². The zero-order chi connectivity index (χ0) is 13.4. The Morgan fingerprint density at radius 2 is 2.11 bits per heavy atom. The van der Waals surface area contributed by atoms with Gasteiger partial charge in [-0.15, -0.1) is 0 Å². The highest BCUT2D eigenvalue weighted by atomic mass is 16.6. The number of rotatable bonds is 2. The number of pyridine rings is 1. The summed E-state index contributed by atoms with van der Waals surface area (Å²) >= 11 is 0. The van der Waals surface area contributed by atoms with Crippen molar-refractivity contribution in [2.24, 2.45) is 7.05 Å². The monoisotopic (exact) mass is 248 g/mol. The summed E-state index contributed by atoms with van der Waals surface area (Å²) in [7, 11) is 1.57. The van der Waals surface area contributed by atoms with Crippen LogP contribution < -0.4 is 5.43 Å². The van der Waals surface area contributed by atoms with Gasteiger partial charge in [0, 0.05) is 25.4 Å². The number of aryl methyl sites for hydroxylation is 1. The fraction of sp³-hybridized carbons (Fsp3) is 0.0909. The predicted octanol–water partition coefficient (Wildman–Crippen LogP) is 1.14. The quantitative estimate of drug-likeness (QED) is 0.634. The number of hydrogen-bond donors (Lipinski definition) is 1. The minimum absolute atomic E-state index is 0.0200. The van der Waals surface area contributed by atoms with Gasteiger partial charge in [0.25, 0.3) is 5.69 Å². The lowest BCUT2D eigenvalue weighted by Gasteiger charge is -2.06. The first kappa shape index (κ1) is 11.8. The maximum atomic E-state index is 11.9. The van der Waals surface area contributed by atoms with Crippen molar-refractivity contribution in [2.45, 2.75) is 0 Å². The molecule has 2 rings (SSSR count). The second-order valence-electron chi connectivity index (χ2n) is 3.75. The molecule has 2 aromatic rings. The third-order valence-corrected chi connectivity index (χ3v) is 2.61. The summed E-state index contributed by atoms with van der Waals surface area (Å²) in [5, 5.41) is 19.5. The van der Waals surface area contributed by atoms with Crippen LogP contribution in [0.2, 0.25) is 0 Å². The first-order valence-electron chi connectivity index (χ1n) is 4.93. The van der Waals surface area contributed by atoms with E-state index in [1.807, 2.05) is 0 Å². The Morgan fingerprint density at radius 1 is 1.44 bits per heavy atom. The summed E-state index contributed by atoms with van der Waals surface area (Å²) in [6, 6.07) is 3.77. The molecule has 92 valence electrons. The normalized spacial score (nSPS) is 10.5. The van der Waals surface area contributed by atoms with Crippen molar-refractivity contribution in [3.63, 3.8) is 0 Å². The van der Waals surface area contributed by atoms with Crippen molar-refractivity contribution < 1.29 is 14.8 Å². The van der Waals surface area contributed by atoms with E-state index in [9.17, 15) is 19.7 Å². The number of hydrogen-bond acceptors (Lipinski definition) is 4. The van der Waals surface area contributed by atoms with Crippen molar-refractivity contribution in [2.75, 3.05) is 0 Å². The van der Waals surface area contributed by atoms with Gasteiger partial charge in [0.05, 0.1) is 15.8 Å². The second-order valence-corrected chi connectivity index (χ2v) is 3.75. The van der Waals surface area contributed by atoms with Crippen molar-refractivity contribution in [3.8, 4) is 0 Å². The molecule has 0 fully saturated rings. The van der Waals surface area contributed by atoms with Gasteiger partial charge in [-0.25, -0.2) is 4.79 Å². The first-order chi connectivity index (χ1) is 8.41. The van der Waals surface area contributed by atoms with Crippen LogP contribution in [0.3, 0.4) is 0 Å². The van der Waals surface area contributed by atoms with Crippen molar-refractivity contribution in [1.29, 1.82) is 0 Å². The summed E-state index contributed by atoms with van der Waals surface area (Å²) in [5.74, 6) is -1.36. The van der Waals surface area contributed by atoms with Gasteiger partial charge in [0.2, 0.25) is 5.43 Å². The van der Waals surface area contributed by atoms with Crippen molar-refractivity contribution in [3.05, 3.63) is 50.3 Å². The van der Waals surface area contributed by atoms with E-state index in [4.69, 9.17) is 5.11 Å². The molecule has 0 aliphatic heterocycles. The maximum Gasteiger partial charge on any atom is 0.341 e. The van der Waals surface area contributed by atoms with Crippen molar-refractivity contribution >= 4 is 22.6 Å². The molecule has 1 aromatic heterocycles. The molecule has 0 spiro atoms. The lowest BCUT2D eigenvalue weighted by molar-refractivity contribution is -0.384. The largest absolute Gasteiger partial charge is 0.477 e. The number of non-ortho nitro benzene ring substituents is 1. The number of aromatic carboxylic acids is 1. The number of carbonyl (C=O) groups is 1. The van der Waals surface area contributed by atoms with Gasteiger partial charge < -0.3 is 9.67 Å². The average Bonchev–Trinajstić information content (AvgIpc) is 2.32. The number of aromatic nitrogens is 1. The highest BCUT2D eigenvalue weighted by Crippen LogP contribution is 2.18. The lowest BCUT2D eigenvalue weighted by atomic mass is 10.1. The Labute approximate surface area is 100 Å². The van der Waals surface area contributed by atoms with Crippen LogP contribution in [-0.4, -0.2) is 20.6 Å². The average molecular weight is 248 g/mol. The van der Waals surface area contributed by atoms with E-state index in [0.29, 0.717) is 5.52 Å². The summed E-state index contributed by atoms with van der Waals surface area (Å²) in [6.45, 7) is 0. The molecule has 1 aromatic carbocycles. The molecule has 1 N–H and O–H groups in total. The Balaban J connectivity index is 2.92. The minimum Gasteiger partial charge on any atom is -0.477 e. The van der Waals surface area contributed by atoms with Crippen LogP contribution in [0.25, 0.3) is 10.9 Å². The molecule has 1 heterocycles. The van der Waals surface area contributed by atoms with Crippen LogP contribution in [-0.2, 0) is 7.05 Å². The Kier molecular flexibility index (Phi) is 2.59. The SMILES string of the molecule is Cn1cc(C(=O)O)c(=O)c2cc([N+](=O)[O-])ccc21. The van der Waals surface area contributed by atoms with Crippen LogP contribution in [0.4, 0.5) is 5.69 Å². The van der Waals surface area contributed by atoms with Crippen LogP contribution in [0.1, 0.15) is 10.4 Å². The Bertz CT molecular complexity index is 732. The molecule has 7 heteroatoms. The van der Waals surface area contributed by atoms with Gasteiger partial charge in [0.1, 0.15) is 5.56 Å². The third-order valence-electron chi connectivity index (χ3n) is 2.61. The number of nitrogens with zero attached hydrogens (tertiary/aromatic N) is 2. The minimum atomic E-state index is -1.36. The molecule has 0 aliphatic rings. The second kappa shape index (κ2) is 3.95. The predicted molar refractivity (Wildman–Crippen MR) is 62.8 cm³/mol. The van der Waals surface area contributed by atoms with Gasteiger partial charge >= 0.3 is 5.97 Å². The van der Waals surface area contributed by atoms with Crippen LogP contribution in [0, 0.1) is 10.1 Å². The standard InChI is InChI=1S/C11H8N2O5/c1-12-5-8(11(15)16)10(14)7-4-6(13(17)18)2-3-9(7)12/h2-5H,1H3,(H,15,16). The van der Waals surface area contributed by atoms with Crippen LogP contribution in [0.15, 0.2) is 29.2 Å². The maximum absolute atomic E-state index is 11.9. The Hall–Kier alpha value is -2.70. The summed E-state index contributed by atoms with van der Waals surface area (Å²) < 4.78 is 1.45. The van der Waals surface area contributed by atoms with Gasteiger partial charge in [0.15, 0.2) is 0 Å². The van der Waals surface area contributed by atoms with E-state index in [-0.39, 0.29) is 11.1 Å². The van der Waals surface area contributed by atoms with Crippen molar-refractivity contribution in [1.82, 2.24) is 4.57 Å². The fourth-order valence-electron chi connectivity index (χ4n) is 1.75. The number of carboxylic acid groups (broad SMARTS) is 1. The van der Waals surface area contributed by atoms with E-state index in [2.05, 4.69) is 0 Å². The third kappa shape index (κ3) is 1.71. The first-order valence-corrected chi connectivity index (χ1v) is 4.93. The fourth-order valence-corrected chi connectivity index (χ4v) is 1.75. The molecule has 0 amide bonds. The van der Waals surface area contributed by atoms with Gasteiger partial charge in [-0.2, -0.15) is 0 Å². The number of benzene rings is 1. The van der Waals surface area contributed by atoms with E-state index < -0.39 is 21.9 Å². The van der Waals surface area contributed by atoms with E-state index >= 15 is 0 Å². The molecular formula is C11H8N2O5. The molecule has 7 nitrogen and oxygen atoms in total. The molecule has 18 heavy (non-hydrogen) atoms. The van der Waals surface area contributed by atoms with Crippen LogP contribution >= 0.6 is 0 Å². The van der Waals surface area contributed by atoms with Gasteiger partial charge in [-0.05, 0) is 6.07 Å². The molecule has 0 aliphatic carbocycles. The molecule has 0 saturated carbocycles. The zero-order valence-corrected chi connectivity index (χ0v) is 9.28. The number of nitro benzene ring substituents is 1. The zero-order valence-electron chi connectivity index (χ0n) is 9.28. The number of carboxylic acids is 1. The number of fused-ring (bicyclic) bond motifs is 1. The highest BCUT2D eigenvalue weighted by molar-refractivity contribution is 5.93. The van der Waals surface area contributed by atoms with Crippen LogP contribution in [0.5, 0.6) is 0 Å². The number of nitro groups is 1. The molecular weight excluding hydrogens is 240 g/mol. The topological polar surface area (TPSA) is 102 Å². The molecule has 0 bridgehead atoms. The summed E-state index contributed by atoms with van der Waals surface area (Å²) in [5.41, 5.74) is -0.942. The van der Waals surface area contributed by atoms with E-state index in [1.165, 1.54) is 22.9 Å². The molecule has 0 unspecified atom stereocenters. The van der Waals surface area contributed by atoms with Gasteiger partial charge in [-0.3, -0.25) is 14.9 Å².